The van der Waals surface area contributed by atoms with Crippen LogP contribution in [0.4, 0.5) is 0 Å². The minimum Gasteiger partial charge on any atom is -0.474 e. The Morgan fingerprint density at radius 2 is 2.00 bits per heavy atom. The number of ether oxygens (including phenoxy) is 2. The summed E-state index contributed by atoms with van der Waals surface area (Å²) in [7, 11) is 0. The minimum absolute atomic E-state index is 0.171. The van der Waals surface area contributed by atoms with Crippen molar-refractivity contribution < 1.29 is 14.3 Å². The molecule has 5 rings (SSSR count). The fourth-order valence-electron chi connectivity index (χ4n) is 4.66. The van der Waals surface area contributed by atoms with E-state index in [4.69, 9.17) is 15.2 Å². The number of fused-ring (bicyclic) bond motifs is 3. The lowest BCUT2D eigenvalue weighted by Crippen LogP contribution is -2.46. The van der Waals surface area contributed by atoms with Crippen LogP contribution in [0.1, 0.15) is 31.2 Å². The molecule has 1 saturated carbocycles. The molecule has 1 aromatic carbocycles. The summed E-state index contributed by atoms with van der Waals surface area (Å²) in [4.78, 5) is 23.7. The summed E-state index contributed by atoms with van der Waals surface area (Å²) < 4.78 is 13.0. The topological polar surface area (TPSA) is 90.6 Å². The molecule has 2 aromatic heterocycles. The number of amides is 1. The molecule has 0 spiro atoms. The highest BCUT2D eigenvalue weighted by Crippen LogP contribution is 2.38. The number of aromatic nitrogens is 2. The highest BCUT2D eigenvalue weighted by molar-refractivity contribution is 7.25. The summed E-state index contributed by atoms with van der Waals surface area (Å²) in [6.07, 6.45) is 6.33. The molecule has 0 radical (unpaired) electrons. The van der Waals surface area contributed by atoms with Gasteiger partial charge in [0.25, 0.3) is 0 Å². The van der Waals surface area contributed by atoms with Gasteiger partial charge in [-0.3, -0.25) is 9.69 Å². The fourth-order valence-corrected chi connectivity index (χ4v) is 5.67. The first-order valence-electron chi connectivity index (χ1n) is 10.6. The smallest absolute Gasteiger partial charge is 0.226 e. The van der Waals surface area contributed by atoms with E-state index in [9.17, 15) is 4.79 Å². The number of hydrogen-bond acceptors (Lipinski definition) is 7. The van der Waals surface area contributed by atoms with Gasteiger partial charge < -0.3 is 15.2 Å². The number of nitrogens with zero attached hydrogens (tertiary/aromatic N) is 3. The number of hydrogen-bond donors (Lipinski definition) is 1. The Labute approximate surface area is 179 Å². The van der Waals surface area contributed by atoms with E-state index in [2.05, 4.69) is 14.9 Å². The number of primary amides is 1. The second kappa shape index (κ2) is 8.45. The third-order valence-electron chi connectivity index (χ3n) is 6.16. The SMILES string of the molecule is NC(=O)Cc1ccc2sc3ncnc(O[C@H]4CC[C@H](N5CCOCC5)CC4)c3c2c1. The van der Waals surface area contributed by atoms with Gasteiger partial charge >= 0.3 is 0 Å². The van der Waals surface area contributed by atoms with Crippen LogP contribution in [0.15, 0.2) is 24.5 Å². The second-order valence-corrected chi connectivity index (χ2v) is 9.16. The Kier molecular flexibility index (Phi) is 5.54. The van der Waals surface area contributed by atoms with Crippen molar-refractivity contribution in [3.63, 3.8) is 0 Å². The van der Waals surface area contributed by atoms with Crippen LogP contribution in [0.5, 0.6) is 5.88 Å². The van der Waals surface area contributed by atoms with Crippen LogP contribution in [-0.2, 0) is 16.0 Å². The molecule has 3 aromatic rings. The van der Waals surface area contributed by atoms with Crippen molar-refractivity contribution in [1.29, 1.82) is 0 Å². The van der Waals surface area contributed by atoms with Crippen molar-refractivity contribution in [2.45, 2.75) is 44.2 Å². The number of thiophene rings is 1. The lowest BCUT2D eigenvalue weighted by molar-refractivity contribution is -0.117. The Hall–Kier alpha value is -2.29. The lowest BCUT2D eigenvalue weighted by Gasteiger charge is -2.38. The maximum Gasteiger partial charge on any atom is 0.226 e. The standard InChI is InChI=1S/C22H26N4O3S/c23-19(27)12-14-1-6-18-17(11-14)20-21(24-13-25-22(20)30-18)29-16-4-2-15(3-5-16)26-7-9-28-10-8-26/h1,6,11,13,15-16H,2-5,7-10,12H2,(H2,23,27)/t15-,16-. The van der Waals surface area contributed by atoms with E-state index in [-0.39, 0.29) is 18.4 Å². The van der Waals surface area contributed by atoms with Gasteiger partial charge in [0.2, 0.25) is 11.8 Å². The molecule has 2 N–H and O–H groups in total. The summed E-state index contributed by atoms with van der Waals surface area (Å²) >= 11 is 1.62. The van der Waals surface area contributed by atoms with Crippen LogP contribution in [0.25, 0.3) is 20.3 Å². The third-order valence-corrected chi connectivity index (χ3v) is 7.24. The second-order valence-electron chi connectivity index (χ2n) is 8.13. The Bertz CT molecular complexity index is 1060. The molecule has 1 saturated heterocycles. The average Bonchev–Trinajstić information content (AvgIpc) is 3.13. The summed E-state index contributed by atoms with van der Waals surface area (Å²) in [6.45, 7) is 3.77. The van der Waals surface area contributed by atoms with Gasteiger partial charge in [0.1, 0.15) is 17.3 Å². The molecule has 3 heterocycles. The van der Waals surface area contributed by atoms with Crippen molar-refractivity contribution in [3.8, 4) is 5.88 Å². The van der Waals surface area contributed by atoms with E-state index in [0.717, 1.165) is 77.9 Å². The van der Waals surface area contributed by atoms with E-state index in [1.165, 1.54) is 0 Å². The van der Waals surface area contributed by atoms with Gasteiger partial charge in [-0.25, -0.2) is 9.97 Å². The van der Waals surface area contributed by atoms with Gasteiger partial charge in [0.15, 0.2) is 0 Å². The summed E-state index contributed by atoms with van der Waals surface area (Å²) in [5.41, 5.74) is 6.28. The van der Waals surface area contributed by atoms with E-state index in [1.54, 1.807) is 17.7 Å². The zero-order chi connectivity index (χ0) is 20.5. The molecule has 0 bridgehead atoms. The van der Waals surface area contributed by atoms with Crippen molar-refractivity contribution in [2.75, 3.05) is 26.3 Å². The predicted octanol–water partition coefficient (Wildman–Crippen LogP) is 2.89. The molecule has 158 valence electrons. The molecule has 2 aliphatic rings. The molecule has 0 unspecified atom stereocenters. The summed E-state index contributed by atoms with van der Waals surface area (Å²) in [6, 6.07) is 6.63. The highest BCUT2D eigenvalue weighted by atomic mass is 32.1. The Morgan fingerprint density at radius 1 is 1.20 bits per heavy atom. The number of nitrogens with two attached hydrogens (primary N) is 1. The summed E-state index contributed by atoms with van der Waals surface area (Å²) in [5, 5.41) is 1.98. The number of rotatable bonds is 5. The van der Waals surface area contributed by atoms with Crippen LogP contribution in [0.2, 0.25) is 0 Å². The normalized spacial score (nSPS) is 23.1. The van der Waals surface area contributed by atoms with Gasteiger partial charge in [0.05, 0.1) is 25.0 Å². The van der Waals surface area contributed by atoms with Gasteiger partial charge in [-0.1, -0.05) is 6.07 Å². The Balaban J connectivity index is 1.36. The zero-order valence-electron chi connectivity index (χ0n) is 16.9. The molecule has 0 atom stereocenters. The van der Waals surface area contributed by atoms with Crippen molar-refractivity contribution in [1.82, 2.24) is 14.9 Å². The van der Waals surface area contributed by atoms with Crippen LogP contribution < -0.4 is 10.5 Å². The van der Waals surface area contributed by atoms with E-state index < -0.39 is 0 Å². The molecule has 2 fully saturated rings. The van der Waals surface area contributed by atoms with Crippen LogP contribution >= 0.6 is 11.3 Å². The van der Waals surface area contributed by atoms with E-state index in [0.29, 0.717) is 11.9 Å². The summed E-state index contributed by atoms with van der Waals surface area (Å²) in [5.74, 6) is 0.316. The quantitative estimate of drug-likeness (QED) is 0.675. The first-order valence-corrected chi connectivity index (χ1v) is 11.4. The van der Waals surface area contributed by atoms with Gasteiger partial charge in [-0.05, 0) is 43.4 Å². The highest BCUT2D eigenvalue weighted by Gasteiger charge is 2.28. The molecular weight excluding hydrogens is 400 g/mol. The average molecular weight is 427 g/mol. The zero-order valence-corrected chi connectivity index (χ0v) is 17.7. The molecule has 7 nitrogen and oxygen atoms in total. The molecule has 8 heteroatoms. The molecule has 1 amide bonds. The molecule has 1 aliphatic carbocycles. The largest absolute Gasteiger partial charge is 0.474 e. The third kappa shape index (κ3) is 3.99. The van der Waals surface area contributed by atoms with Crippen LogP contribution in [0.3, 0.4) is 0 Å². The fraction of sp³-hybridized carbons (Fsp3) is 0.500. The maximum absolute atomic E-state index is 11.3. The van der Waals surface area contributed by atoms with Gasteiger partial charge in [-0.15, -0.1) is 11.3 Å². The first-order chi connectivity index (χ1) is 14.7. The van der Waals surface area contributed by atoms with Crippen LogP contribution in [0, 0.1) is 0 Å². The number of carbonyl (C=O) groups excluding carboxylic acids is 1. The van der Waals surface area contributed by atoms with Crippen molar-refractivity contribution in [3.05, 3.63) is 30.1 Å². The molecule has 1 aliphatic heterocycles. The molecular formula is C22H26N4O3S. The predicted molar refractivity (Wildman–Crippen MR) is 117 cm³/mol. The van der Waals surface area contributed by atoms with E-state index >= 15 is 0 Å². The maximum atomic E-state index is 11.3. The van der Waals surface area contributed by atoms with Gasteiger partial charge in [0, 0.05) is 29.2 Å². The first kappa shape index (κ1) is 19.7. The minimum atomic E-state index is -0.335. The monoisotopic (exact) mass is 426 g/mol. The van der Waals surface area contributed by atoms with Crippen molar-refractivity contribution >= 4 is 37.5 Å². The van der Waals surface area contributed by atoms with Gasteiger partial charge in [-0.2, -0.15) is 0 Å². The number of morpholine rings is 1. The van der Waals surface area contributed by atoms with E-state index in [1.807, 2.05) is 18.2 Å². The van der Waals surface area contributed by atoms with Crippen LogP contribution in [-0.4, -0.2) is 59.2 Å². The number of benzene rings is 1. The van der Waals surface area contributed by atoms with Crippen molar-refractivity contribution in [2.24, 2.45) is 5.73 Å². The Morgan fingerprint density at radius 3 is 2.77 bits per heavy atom. The molecule has 30 heavy (non-hydrogen) atoms. The number of carbonyl (C=O) groups is 1. The lowest BCUT2D eigenvalue weighted by atomic mass is 9.91.